The molecule has 0 spiro atoms. The number of para-hydroxylation sites is 1. The SMILES string of the molecule is CC.O=C(CO)N1CCN(c2ccc3[nH]c(-c4cc5ccccc5[nH]c4=O)cc3c2)CC1. The van der Waals surface area contributed by atoms with E-state index >= 15 is 0 Å². The predicted molar refractivity (Wildman–Crippen MR) is 129 cm³/mol. The van der Waals surface area contributed by atoms with E-state index < -0.39 is 6.61 Å². The van der Waals surface area contributed by atoms with Crippen LogP contribution in [0.15, 0.2) is 59.4 Å². The average Bonchev–Trinajstić information content (AvgIpc) is 3.27. The van der Waals surface area contributed by atoms with Crippen LogP contribution in [0.1, 0.15) is 13.8 Å². The number of pyridine rings is 1. The molecule has 4 aromatic rings. The first kappa shape index (κ1) is 21.6. The van der Waals surface area contributed by atoms with Crippen LogP contribution in [0.5, 0.6) is 0 Å². The number of aliphatic hydroxyl groups excluding tert-OH is 1. The lowest BCUT2D eigenvalue weighted by atomic mass is 10.1. The van der Waals surface area contributed by atoms with Gasteiger partial charge in [0.1, 0.15) is 6.61 Å². The number of carbonyl (C=O) groups excluding carboxylic acids is 1. The number of H-pyrrole nitrogens is 2. The summed E-state index contributed by atoms with van der Waals surface area (Å²) in [5.41, 5.74) is 4.15. The number of aromatic amines is 2. The first-order chi connectivity index (χ1) is 15.6. The molecule has 7 heteroatoms. The molecule has 0 bridgehead atoms. The van der Waals surface area contributed by atoms with Crippen molar-refractivity contribution in [2.24, 2.45) is 0 Å². The summed E-state index contributed by atoms with van der Waals surface area (Å²) in [5, 5.41) is 11.0. The van der Waals surface area contributed by atoms with E-state index in [4.69, 9.17) is 5.11 Å². The van der Waals surface area contributed by atoms with Crippen LogP contribution in [-0.2, 0) is 4.79 Å². The Kier molecular flexibility index (Phi) is 6.28. The van der Waals surface area contributed by atoms with Crippen molar-refractivity contribution in [2.45, 2.75) is 13.8 Å². The highest BCUT2D eigenvalue weighted by atomic mass is 16.3. The normalized spacial score (nSPS) is 13.8. The lowest BCUT2D eigenvalue weighted by Crippen LogP contribution is -2.49. The van der Waals surface area contributed by atoms with E-state index in [0.717, 1.165) is 46.3 Å². The lowest BCUT2D eigenvalue weighted by molar-refractivity contribution is -0.134. The van der Waals surface area contributed by atoms with Crippen molar-refractivity contribution < 1.29 is 9.90 Å². The first-order valence-corrected chi connectivity index (χ1v) is 11.0. The number of hydrogen-bond donors (Lipinski definition) is 3. The van der Waals surface area contributed by atoms with Gasteiger partial charge in [-0.2, -0.15) is 0 Å². The Hall–Kier alpha value is -3.58. The fourth-order valence-corrected chi connectivity index (χ4v) is 4.12. The van der Waals surface area contributed by atoms with Crippen molar-refractivity contribution in [1.29, 1.82) is 0 Å². The van der Waals surface area contributed by atoms with Crippen LogP contribution < -0.4 is 10.5 Å². The topological polar surface area (TPSA) is 92.4 Å². The van der Waals surface area contributed by atoms with Gasteiger partial charge in [-0.05, 0) is 41.8 Å². The van der Waals surface area contributed by atoms with E-state index in [2.05, 4.69) is 27.0 Å². The molecule has 166 valence electrons. The molecule has 2 aromatic heterocycles. The molecule has 1 saturated heterocycles. The van der Waals surface area contributed by atoms with Gasteiger partial charge in [0.15, 0.2) is 0 Å². The number of aliphatic hydroxyl groups is 1. The van der Waals surface area contributed by atoms with Gasteiger partial charge >= 0.3 is 0 Å². The number of fused-ring (bicyclic) bond motifs is 2. The lowest BCUT2D eigenvalue weighted by Gasteiger charge is -2.35. The van der Waals surface area contributed by atoms with Crippen LogP contribution in [0, 0.1) is 0 Å². The zero-order chi connectivity index (χ0) is 22.7. The van der Waals surface area contributed by atoms with Crippen molar-refractivity contribution >= 4 is 33.4 Å². The van der Waals surface area contributed by atoms with E-state index in [1.54, 1.807) is 4.90 Å². The standard InChI is InChI=1S/C23H22N4O3.C2H6/c28-14-22(29)27-9-7-26(8-10-27)17-5-6-20-16(11-17)13-21(24-20)18-12-15-3-1-2-4-19(15)25-23(18)30;1-2/h1-6,11-13,24,28H,7-10,14H2,(H,25,30);1-2H3. The van der Waals surface area contributed by atoms with E-state index in [1.807, 2.05) is 56.3 Å². The molecule has 5 rings (SSSR count). The maximum Gasteiger partial charge on any atom is 0.257 e. The fraction of sp³-hybridized carbons (Fsp3) is 0.280. The van der Waals surface area contributed by atoms with E-state index in [9.17, 15) is 9.59 Å². The van der Waals surface area contributed by atoms with Gasteiger partial charge in [0.2, 0.25) is 5.91 Å². The molecule has 1 aliphatic heterocycles. The summed E-state index contributed by atoms with van der Waals surface area (Å²) in [6.07, 6.45) is 0. The van der Waals surface area contributed by atoms with Crippen LogP contribution in [0.4, 0.5) is 5.69 Å². The van der Waals surface area contributed by atoms with Crippen molar-refractivity contribution in [3.8, 4) is 11.3 Å². The van der Waals surface area contributed by atoms with Crippen LogP contribution in [-0.4, -0.2) is 58.7 Å². The highest BCUT2D eigenvalue weighted by Gasteiger charge is 2.21. The van der Waals surface area contributed by atoms with Gasteiger partial charge in [-0.15, -0.1) is 0 Å². The van der Waals surface area contributed by atoms with Crippen molar-refractivity contribution in [1.82, 2.24) is 14.9 Å². The molecule has 1 aliphatic rings. The highest BCUT2D eigenvalue weighted by Crippen LogP contribution is 2.28. The van der Waals surface area contributed by atoms with Crippen molar-refractivity contribution in [3.63, 3.8) is 0 Å². The second-order valence-electron chi connectivity index (χ2n) is 7.58. The molecule has 3 heterocycles. The minimum absolute atomic E-state index is 0.120. The number of benzene rings is 2. The third-order valence-electron chi connectivity index (χ3n) is 5.78. The molecule has 7 nitrogen and oxygen atoms in total. The Balaban J connectivity index is 0.00000119. The number of carbonyl (C=O) groups is 1. The second-order valence-corrected chi connectivity index (χ2v) is 7.58. The van der Waals surface area contributed by atoms with Crippen LogP contribution in [0.2, 0.25) is 0 Å². The fourth-order valence-electron chi connectivity index (χ4n) is 4.12. The Morgan fingerprint density at radius 3 is 2.38 bits per heavy atom. The highest BCUT2D eigenvalue weighted by molar-refractivity contribution is 5.90. The molecule has 0 unspecified atom stereocenters. The Morgan fingerprint density at radius 2 is 1.62 bits per heavy atom. The number of piperazine rings is 1. The Labute approximate surface area is 186 Å². The molecule has 3 N–H and O–H groups in total. The van der Waals surface area contributed by atoms with E-state index in [0.29, 0.717) is 18.7 Å². The van der Waals surface area contributed by atoms with Gasteiger partial charge in [0, 0.05) is 48.3 Å². The zero-order valence-corrected chi connectivity index (χ0v) is 18.4. The van der Waals surface area contributed by atoms with Crippen LogP contribution in [0.3, 0.4) is 0 Å². The summed E-state index contributed by atoms with van der Waals surface area (Å²) >= 11 is 0. The average molecular weight is 433 g/mol. The number of aromatic nitrogens is 2. The summed E-state index contributed by atoms with van der Waals surface area (Å²) in [6, 6.07) is 17.8. The van der Waals surface area contributed by atoms with Gasteiger partial charge in [-0.1, -0.05) is 32.0 Å². The second kappa shape index (κ2) is 9.28. The van der Waals surface area contributed by atoms with Crippen molar-refractivity contribution in [2.75, 3.05) is 37.7 Å². The van der Waals surface area contributed by atoms with Gasteiger partial charge in [-0.25, -0.2) is 0 Å². The number of nitrogens with one attached hydrogen (secondary N) is 2. The summed E-state index contributed by atoms with van der Waals surface area (Å²) in [5.74, 6) is -0.221. The number of anilines is 1. The van der Waals surface area contributed by atoms with Gasteiger partial charge in [0.05, 0.1) is 11.3 Å². The third-order valence-corrected chi connectivity index (χ3v) is 5.78. The van der Waals surface area contributed by atoms with Gasteiger partial charge in [-0.3, -0.25) is 9.59 Å². The van der Waals surface area contributed by atoms with E-state index in [-0.39, 0.29) is 11.5 Å². The molecule has 0 aliphatic carbocycles. The number of amides is 1. The first-order valence-electron chi connectivity index (χ1n) is 11.0. The molecular weight excluding hydrogens is 404 g/mol. The van der Waals surface area contributed by atoms with Crippen LogP contribution >= 0.6 is 0 Å². The summed E-state index contributed by atoms with van der Waals surface area (Å²) < 4.78 is 0. The summed E-state index contributed by atoms with van der Waals surface area (Å²) in [6.45, 7) is 6.20. The Bertz CT molecular complexity index is 1300. The predicted octanol–water partition coefficient (Wildman–Crippen LogP) is 3.34. The molecule has 0 radical (unpaired) electrons. The zero-order valence-electron chi connectivity index (χ0n) is 18.4. The molecule has 1 amide bonds. The quantitative estimate of drug-likeness (QED) is 0.463. The van der Waals surface area contributed by atoms with Crippen molar-refractivity contribution in [3.05, 3.63) is 65.0 Å². The maximum absolute atomic E-state index is 12.6. The third kappa shape index (κ3) is 4.11. The molecule has 32 heavy (non-hydrogen) atoms. The summed E-state index contributed by atoms with van der Waals surface area (Å²) in [4.78, 5) is 34.5. The van der Waals surface area contributed by atoms with E-state index in [1.165, 1.54) is 0 Å². The molecular formula is C25H28N4O3. The number of nitrogens with zero attached hydrogens (tertiary/aromatic N) is 2. The monoisotopic (exact) mass is 432 g/mol. The molecule has 0 saturated carbocycles. The minimum Gasteiger partial charge on any atom is -0.387 e. The maximum atomic E-state index is 12.6. The largest absolute Gasteiger partial charge is 0.387 e. The smallest absolute Gasteiger partial charge is 0.257 e. The Morgan fingerprint density at radius 1 is 0.906 bits per heavy atom. The van der Waals surface area contributed by atoms with Crippen LogP contribution in [0.25, 0.3) is 33.1 Å². The summed E-state index contributed by atoms with van der Waals surface area (Å²) in [7, 11) is 0. The van der Waals surface area contributed by atoms with Gasteiger partial charge in [0.25, 0.3) is 5.56 Å². The molecule has 0 atom stereocenters. The minimum atomic E-state index is -0.439. The molecule has 2 aromatic carbocycles. The number of hydrogen-bond acceptors (Lipinski definition) is 4. The molecule has 1 fully saturated rings. The number of rotatable bonds is 3. The van der Waals surface area contributed by atoms with Gasteiger partial charge < -0.3 is 24.9 Å².